The van der Waals surface area contributed by atoms with Gasteiger partial charge in [-0.15, -0.1) is 0 Å². The van der Waals surface area contributed by atoms with Gasteiger partial charge in [-0.3, -0.25) is 14.5 Å². The molecule has 25 heavy (non-hydrogen) atoms. The van der Waals surface area contributed by atoms with Gasteiger partial charge in [0.15, 0.2) is 0 Å². The van der Waals surface area contributed by atoms with Gasteiger partial charge in [0.2, 0.25) is 0 Å². The summed E-state index contributed by atoms with van der Waals surface area (Å²) in [5.41, 5.74) is 3.30. The molecular weight excluding hydrogens is 318 g/mol. The number of hydrogen-bond donors (Lipinski definition) is 2. The molecule has 2 aromatic carbocycles. The summed E-state index contributed by atoms with van der Waals surface area (Å²) in [4.78, 5) is 38.2. The van der Waals surface area contributed by atoms with Crippen LogP contribution in [0.25, 0.3) is 0 Å². The second kappa shape index (κ2) is 6.39. The third kappa shape index (κ3) is 2.98. The van der Waals surface area contributed by atoms with E-state index in [-0.39, 0.29) is 0 Å². The largest absolute Gasteiger partial charge is 0.320 e. The van der Waals surface area contributed by atoms with E-state index in [0.29, 0.717) is 11.1 Å². The highest BCUT2D eigenvalue weighted by Gasteiger charge is 2.38. The van der Waals surface area contributed by atoms with Crippen molar-refractivity contribution in [2.24, 2.45) is 0 Å². The van der Waals surface area contributed by atoms with E-state index >= 15 is 0 Å². The average molecular weight is 337 g/mol. The van der Waals surface area contributed by atoms with Crippen LogP contribution in [0.3, 0.4) is 0 Å². The Morgan fingerprint density at radius 1 is 0.920 bits per heavy atom. The molecule has 1 atom stereocenters. The summed E-state index contributed by atoms with van der Waals surface area (Å²) in [5, 5.41) is 5.44. The standard InChI is InChI=1S/C19H19N3O3/c1-11-7-6-8-12(2)16(11)21-19(25)20-13(3)22-17(23)14-9-4-5-10-15(14)18(22)24/h4-10,13H,1-3H3,(H2,20,21,25). The highest BCUT2D eigenvalue weighted by atomic mass is 16.2. The predicted octanol–water partition coefficient (Wildman–Crippen LogP) is 3.07. The summed E-state index contributed by atoms with van der Waals surface area (Å²) in [6, 6.07) is 11.9. The maximum Gasteiger partial charge on any atom is 0.320 e. The van der Waals surface area contributed by atoms with Gasteiger partial charge in [-0.1, -0.05) is 30.3 Å². The number of nitrogens with one attached hydrogen (secondary N) is 2. The molecule has 2 aromatic rings. The van der Waals surface area contributed by atoms with Crippen LogP contribution in [-0.2, 0) is 0 Å². The Morgan fingerprint density at radius 2 is 1.44 bits per heavy atom. The molecule has 3 rings (SSSR count). The summed E-state index contributed by atoms with van der Waals surface area (Å²) < 4.78 is 0. The van der Waals surface area contributed by atoms with Crippen molar-refractivity contribution in [1.29, 1.82) is 0 Å². The number of fused-ring (bicyclic) bond motifs is 1. The van der Waals surface area contributed by atoms with Crippen molar-refractivity contribution in [1.82, 2.24) is 10.2 Å². The average Bonchev–Trinajstić information content (AvgIpc) is 2.83. The number of benzene rings is 2. The smallest absolute Gasteiger partial charge is 0.317 e. The number of rotatable bonds is 3. The first kappa shape index (κ1) is 16.7. The van der Waals surface area contributed by atoms with E-state index in [1.165, 1.54) is 0 Å². The number of nitrogens with zero attached hydrogens (tertiary/aromatic N) is 1. The van der Waals surface area contributed by atoms with Gasteiger partial charge in [0.05, 0.1) is 11.1 Å². The van der Waals surface area contributed by atoms with Crippen LogP contribution in [0.1, 0.15) is 38.8 Å². The third-order valence-electron chi connectivity index (χ3n) is 4.27. The number of anilines is 1. The predicted molar refractivity (Wildman–Crippen MR) is 94.5 cm³/mol. The zero-order chi connectivity index (χ0) is 18.1. The number of carbonyl (C=O) groups excluding carboxylic acids is 3. The van der Waals surface area contributed by atoms with E-state index in [1.807, 2.05) is 32.0 Å². The van der Waals surface area contributed by atoms with Crippen molar-refractivity contribution in [2.45, 2.75) is 26.9 Å². The lowest BCUT2D eigenvalue weighted by Crippen LogP contribution is -2.50. The number of para-hydroxylation sites is 1. The Kier molecular flexibility index (Phi) is 4.27. The highest BCUT2D eigenvalue weighted by molar-refractivity contribution is 6.21. The number of aryl methyl sites for hydroxylation is 2. The van der Waals surface area contributed by atoms with Gasteiger partial charge in [-0.2, -0.15) is 0 Å². The number of hydrogen-bond acceptors (Lipinski definition) is 3. The van der Waals surface area contributed by atoms with Gasteiger partial charge in [0.1, 0.15) is 6.17 Å². The molecule has 0 aromatic heterocycles. The lowest BCUT2D eigenvalue weighted by atomic mass is 10.1. The molecule has 1 aliphatic heterocycles. The molecule has 1 heterocycles. The molecule has 0 aliphatic carbocycles. The minimum atomic E-state index is -0.767. The van der Waals surface area contributed by atoms with Gasteiger partial charge in [0, 0.05) is 5.69 Å². The molecule has 0 spiro atoms. The summed E-state index contributed by atoms with van der Waals surface area (Å²) in [6.45, 7) is 5.40. The van der Waals surface area contributed by atoms with Crippen LogP contribution in [-0.4, -0.2) is 28.9 Å². The van der Waals surface area contributed by atoms with E-state index in [0.717, 1.165) is 21.7 Å². The lowest BCUT2D eigenvalue weighted by molar-refractivity contribution is 0.0581. The minimum Gasteiger partial charge on any atom is -0.317 e. The van der Waals surface area contributed by atoms with Crippen LogP contribution in [0, 0.1) is 13.8 Å². The summed E-state index contributed by atoms with van der Waals surface area (Å²) in [5.74, 6) is -0.805. The molecule has 0 radical (unpaired) electrons. The Hall–Kier alpha value is -3.15. The number of imide groups is 1. The SMILES string of the molecule is Cc1cccc(C)c1NC(=O)NC(C)N1C(=O)c2ccccc2C1=O. The quantitative estimate of drug-likeness (QED) is 0.845. The fourth-order valence-electron chi connectivity index (χ4n) is 2.98. The van der Waals surface area contributed by atoms with Crippen LogP contribution < -0.4 is 10.6 Å². The Morgan fingerprint density at radius 3 is 1.96 bits per heavy atom. The van der Waals surface area contributed by atoms with Crippen molar-refractivity contribution in [3.05, 3.63) is 64.7 Å². The summed E-state index contributed by atoms with van der Waals surface area (Å²) >= 11 is 0. The maximum atomic E-state index is 12.4. The van der Waals surface area contributed by atoms with Crippen molar-refractivity contribution < 1.29 is 14.4 Å². The van der Waals surface area contributed by atoms with E-state index < -0.39 is 24.0 Å². The van der Waals surface area contributed by atoms with Crippen LogP contribution in [0.4, 0.5) is 10.5 Å². The first-order valence-corrected chi connectivity index (χ1v) is 8.01. The fraction of sp³-hybridized carbons (Fsp3) is 0.211. The minimum absolute atomic E-state index is 0.358. The molecule has 2 N–H and O–H groups in total. The second-order valence-corrected chi connectivity index (χ2v) is 6.07. The molecule has 0 saturated heterocycles. The zero-order valence-corrected chi connectivity index (χ0v) is 14.3. The second-order valence-electron chi connectivity index (χ2n) is 6.07. The number of amides is 4. The van der Waals surface area contributed by atoms with Crippen LogP contribution >= 0.6 is 0 Å². The molecular formula is C19H19N3O3. The number of urea groups is 1. The molecule has 128 valence electrons. The Bertz CT molecular complexity index is 821. The highest BCUT2D eigenvalue weighted by Crippen LogP contribution is 2.24. The van der Waals surface area contributed by atoms with Gasteiger partial charge >= 0.3 is 6.03 Å². The molecule has 1 aliphatic rings. The van der Waals surface area contributed by atoms with Crippen molar-refractivity contribution in [2.75, 3.05) is 5.32 Å². The summed E-state index contributed by atoms with van der Waals surface area (Å²) in [6.07, 6.45) is -0.767. The van der Waals surface area contributed by atoms with Gasteiger partial charge in [0.25, 0.3) is 11.8 Å². The van der Waals surface area contributed by atoms with Gasteiger partial charge < -0.3 is 10.6 Å². The molecule has 6 heteroatoms. The molecule has 4 amide bonds. The van der Waals surface area contributed by atoms with Crippen LogP contribution in [0.2, 0.25) is 0 Å². The molecule has 0 fully saturated rings. The van der Waals surface area contributed by atoms with E-state index in [4.69, 9.17) is 0 Å². The molecule has 0 bridgehead atoms. The van der Waals surface area contributed by atoms with Crippen molar-refractivity contribution in [3.8, 4) is 0 Å². The third-order valence-corrected chi connectivity index (χ3v) is 4.27. The Balaban J connectivity index is 1.73. The lowest BCUT2D eigenvalue weighted by Gasteiger charge is -2.24. The zero-order valence-electron chi connectivity index (χ0n) is 14.3. The van der Waals surface area contributed by atoms with Crippen molar-refractivity contribution >= 4 is 23.5 Å². The van der Waals surface area contributed by atoms with E-state index in [2.05, 4.69) is 10.6 Å². The van der Waals surface area contributed by atoms with Crippen LogP contribution in [0.15, 0.2) is 42.5 Å². The molecule has 6 nitrogen and oxygen atoms in total. The summed E-state index contributed by atoms with van der Waals surface area (Å²) in [7, 11) is 0. The van der Waals surface area contributed by atoms with Crippen molar-refractivity contribution in [3.63, 3.8) is 0 Å². The first-order chi connectivity index (χ1) is 11.9. The Labute approximate surface area is 145 Å². The fourth-order valence-corrected chi connectivity index (χ4v) is 2.98. The number of carbonyl (C=O) groups is 3. The normalized spacial score (nSPS) is 14.3. The molecule has 0 saturated carbocycles. The molecule has 1 unspecified atom stereocenters. The van der Waals surface area contributed by atoms with E-state index in [9.17, 15) is 14.4 Å². The first-order valence-electron chi connectivity index (χ1n) is 8.01. The topological polar surface area (TPSA) is 78.5 Å². The van der Waals surface area contributed by atoms with E-state index in [1.54, 1.807) is 31.2 Å². The monoisotopic (exact) mass is 337 g/mol. The van der Waals surface area contributed by atoms with Crippen LogP contribution in [0.5, 0.6) is 0 Å². The maximum absolute atomic E-state index is 12.4. The van der Waals surface area contributed by atoms with Gasteiger partial charge in [-0.25, -0.2) is 4.79 Å². The van der Waals surface area contributed by atoms with Gasteiger partial charge in [-0.05, 0) is 44.0 Å².